The van der Waals surface area contributed by atoms with Crippen LogP contribution in [0.25, 0.3) is 0 Å². The third-order valence-corrected chi connectivity index (χ3v) is 2.81. The molecule has 0 aromatic heterocycles. The third-order valence-electron chi connectivity index (χ3n) is 2.32. The molecule has 78 valence electrons. The minimum atomic E-state index is -0.0739. The molecule has 0 amide bonds. The average molecular weight is 256 g/mol. The van der Waals surface area contributed by atoms with Crippen molar-refractivity contribution in [3.8, 4) is 0 Å². The van der Waals surface area contributed by atoms with Crippen molar-refractivity contribution in [3.63, 3.8) is 0 Å². The summed E-state index contributed by atoms with van der Waals surface area (Å²) in [6.07, 6.45) is 3.15. The van der Waals surface area contributed by atoms with E-state index in [9.17, 15) is 0 Å². The van der Waals surface area contributed by atoms with Crippen LogP contribution >= 0.6 is 15.9 Å². The maximum Gasteiger partial charge on any atom is 0.0178 e. The molecule has 1 nitrogen and oxygen atoms in total. The maximum atomic E-state index is 6.19. The standard InChI is InChI=1S/C12H18BrN/c1-3-7-12(2,14)9-10-5-4-6-11(13)8-10/h4-6,8H,3,7,9,14H2,1-2H3. The first-order valence-electron chi connectivity index (χ1n) is 5.07. The molecule has 1 rings (SSSR count). The van der Waals surface area contributed by atoms with Crippen LogP contribution in [0.4, 0.5) is 0 Å². The average Bonchev–Trinajstić information content (AvgIpc) is 2.02. The number of nitrogens with two attached hydrogens (primary N) is 1. The van der Waals surface area contributed by atoms with Gasteiger partial charge in [0.2, 0.25) is 0 Å². The quantitative estimate of drug-likeness (QED) is 0.876. The number of hydrogen-bond acceptors (Lipinski definition) is 1. The molecule has 2 N–H and O–H groups in total. The van der Waals surface area contributed by atoms with E-state index >= 15 is 0 Å². The van der Waals surface area contributed by atoms with Crippen molar-refractivity contribution in [1.29, 1.82) is 0 Å². The summed E-state index contributed by atoms with van der Waals surface area (Å²) < 4.78 is 1.13. The SMILES string of the molecule is CCCC(C)(N)Cc1cccc(Br)c1. The van der Waals surface area contributed by atoms with Crippen LogP contribution < -0.4 is 5.73 Å². The number of benzene rings is 1. The molecule has 0 aliphatic heterocycles. The van der Waals surface area contributed by atoms with E-state index in [4.69, 9.17) is 5.73 Å². The Bertz CT molecular complexity index is 294. The molecule has 14 heavy (non-hydrogen) atoms. The topological polar surface area (TPSA) is 26.0 Å². The molecular formula is C12H18BrN. The maximum absolute atomic E-state index is 6.19. The Morgan fingerprint density at radius 3 is 2.71 bits per heavy atom. The second-order valence-electron chi connectivity index (χ2n) is 4.21. The van der Waals surface area contributed by atoms with Crippen molar-refractivity contribution in [3.05, 3.63) is 34.3 Å². The summed E-state index contributed by atoms with van der Waals surface area (Å²) >= 11 is 3.47. The van der Waals surface area contributed by atoms with Crippen molar-refractivity contribution in [2.75, 3.05) is 0 Å². The lowest BCUT2D eigenvalue weighted by Gasteiger charge is -2.24. The zero-order valence-electron chi connectivity index (χ0n) is 8.89. The van der Waals surface area contributed by atoms with Gasteiger partial charge in [-0.15, -0.1) is 0 Å². The number of hydrogen-bond donors (Lipinski definition) is 1. The molecule has 0 fully saturated rings. The summed E-state index contributed by atoms with van der Waals surface area (Å²) in [6.45, 7) is 4.30. The predicted molar refractivity (Wildman–Crippen MR) is 65.3 cm³/mol. The van der Waals surface area contributed by atoms with Crippen molar-refractivity contribution in [2.24, 2.45) is 5.73 Å². The second kappa shape index (κ2) is 4.94. The van der Waals surface area contributed by atoms with Gasteiger partial charge >= 0.3 is 0 Å². The third kappa shape index (κ3) is 3.81. The molecule has 0 saturated heterocycles. The van der Waals surface area contributed by atoms with Crippen LogP contribution in [0.15, 0.2) is 28.7 Å². The molecule has 1 aromatic carbocycles. The molecule has 2 heteroatoms. The summed E-state index contributed by atoms with van der Waals surface area (Å²) in [7, 11) is 0. The fourth-order valence-corrected chi connectivity index (χ4v) is 2.22. The Balaban J connectivity index is 2.68. The van der Waals surface area contributed by atoms with Gasteiger partial charge in [-0.3, -0.25) is 0 Å². The van der Waals surface area contributed by atoms with E-state index in [0.29, 0.717) is 0 Å². The van der Waals surface area contributed by atoms with Crippen LogP contribution in [-0.4, -0.2) is 5.54 Å². The van der Waals surface area contributed by atoms with Crippen molar-refractivity contribution < 1.29 is 0 Å². The Labute approximate surface area is 94.8 Å². The molecular weight excluding hydrogens is 238 g/mol. The van der Waals surface area contributed by atoms with E-state index in [-0.39, 0.29) is 5.54 Å². The van der Waals surface area contributed by atoms with E-state index in [1.54, 1.807) is 0 Å². The number of halogens is 1. The van der Waals surface area contributed by atoms with Crippen molar-refractivity contribution in [2.45, 2.75) is 38.6 Å². The number of rotatable bonds is 4. The normalized spacial score (nSPS) is 15.1. The molecule has 1 unspecified atom stereocenters. The van der Waals surface area contributed by atoms with Crippen molar-refractivity contribution >= 4 is 15.9 Å². The first-order chi connectivity index (χ1) is 6.53. The predicted octanol–water partition coefficient (Wildman–Crippen LogP) is 3.51. The second-order valence-corrected chi connectivity index (χ2v) is 5.13. The summed E-state index contributed by atoms with van der Waals surface area (Å²) in [4.78, 5) is 0. The Kier molecular flexibility index (Phi) is 4.14. The van der Waals surface area contributed by atoms with E-state index in [0.717, 1.165) is 23.7 Å². The fourth-order valence-electron chi connectivity index (χ4n) is 1.77. The lowest BCUT2D eigenvalue weighted by atomic mass is 9.90. The van der Waals surface area contributed by atoms with Gasteiger partial charge in [-0.25, -0.2) is 0 Å². The van der Waals surface area contributed by atoms with E-state index < -0.39 is 0 Å². The van der Waals surface area contributed by atoms with Crippen LogP contribution in [0.5, 0.6) is 0 Å². The van der Waals surface area contributed by atoms with Crippen LogP contribution in [0.1, 0.15) is 32.3 Å². The molecule has 0 aliphatic rings. The van der Waals surface area contributed by atoms with Crippen LogP contribution in [-0.2, 0) is 6.42 Å². The van der Waals surface area contributed by atoms with Gasteiger partial charge in [0.05, 0.1) is 0 Å². The smallest absolute Gasteiger partial charge is 0.0178 e. The van der Waals surface area contributed by atoms with Gasteiger partial charge in [0, 0.05) is 10.0 Å². The summed E-state index contributed by atoms with van der Waals surface area (Å²) in [6, 6.07) is 8.37. The van der Waals surface area contributed by atoms with Crippen LogP contribution in [0.2, 0.25) is 0 Å². The molecule has 0 aliphatic carbocycles. The van der Waals surface area contributed by atoms with Gasteiger partial charge in [0.25, 0.3) is 0 Å². The first kappa shape index (κ1) is 11.7. The molecule has 0 spiro atoms. The molecule has 0 heterocycles. The molecule has 0 saturated carbocycles. The van der Waals surface area contributed by atoms with Gasteiger partial charge < -0.3 is 5.73 Å². The highest BCUT2D eigenvalue weighted by molar-refractivity contribution is 9.10. The zero-order chi connectivity index (χ0) is 10.6. The van der Waals surface area contributed by atoms with Gasteiger partial charge in [0.1, 0.15) is 0 Å². The van der Waals surface area contributed by atoms with Crippen LogP contribution in [0.3, 0.4) is 0 Å². The summed E-state index contributed by atoms with van der Waals surface area (Å²) in [5.74, 6) is 0. The molecule has 0 bridgehead atoms. The Hall–Kier alpha value is -0.340. The monoisotopic (exact) mass is 255 g/mol. The van der Waals surface area contributed by atoms with Gasteiger partial charge in [0.15, 0.2) is 0 Å². The first-order valence-corrected chi connectivity index (χ1v) is 5.86. The van der Waals surface area contributed by atoms with Gasteiger partial charge in [-0.2, -0.15) is 0 Å². The molecule has 1 atom stereocenters. The van der Waals surface area contributed by atoms with E-state index in [1.165, 1.54) is 5.56 Å². The molecule has 0 radical (unpaired) electrons. The van der Waals surface area contributed by atoms with Crippen molar-refractivity contribution in [1.82, 2.24) is 0 Å². The fraction of sp³-hybridized carbons (Fsp3) is 0.500. The van der Waals surface area contributed by atoms with Gasteiger partial charge in [-0.05, 0) is 37.5 Å². The van der Waals surface area contributed by atoms with Gasteiger partial charge in [-0.1, -0.05) is 41.4 Å². The largest absolute Gasteiger partial charge is 0.325 e. The van der Waals surface area contributed by atoms with E-state index in [2.05, 4.69) is 48.0 Å². The minimum absolute atomic E-state index is 0.0739. The molecule has 1 aromatic rings. The Morgan fingerprint density at radius 2 is 2.14 bits per heavy atom. The lowest BCUT2D eigenvalue weighted by molar-refractivity contribution is 0.424. The van der Waals surface area contributed by atoms with Crippen LogP contribution in [0, 0.1) is 0 Å². The minimum Gasteiger partial charge on any atom is -0.325 e. The lowest BCUT2D eigenvalue weighted by Crippen LogP contribution is -2.38. The van der Waals surface area contributed by atoms with E-state index in [1.807, 2.05) is 6.07 Å². The zero-order valence-corrected chi connectivity index (χ0v) is 10.5. The highest BCUT2D eigenvalue weighted by Crippen LogP contribution is 2.18. The summed E-state index contributed by atoms with van der Waals surface area (Å²) in [5, 5.41) is 0. The summed E-state index contributed by atoms with van der Waals surface area (Å²) in [5.41, 5.74) is 7.42. The highest BCUT2D eigenvalue weighted by atomic mass is 79.9. The highest BCUT2D eigenvalue weighted by Gasteiger charge is 2.17. The Morgan fingerprint density at radius 1 is 1.43 bits per heavy atom.